The first-order valence-electron chi connectivity index (χ1n) is 5.78. The molecule has 1 aromatic heterocycles. The summed E-state index contributed by atoms with van der Waals surface area (Å²) >= 11 is 0. The van der Waals surface area contributed by atoms with Gasteiger partial charge < -0.3 is 11.5 Å². The van der Waals surface area contributed by atoms with E-state index in [0.717, 1.165) is 12.1 Å². The van der Waals surface area contributed by atoms with E-state index in [0.29, 0.717) is 17.2 Å². The Kier molecular flexibility index (Phi) is 2.94. The molecule has 0 saturated heterocycles. The first kappa shape index (κ1) is 12.3. The van der Waals surface area contributed by atoms with Gasteiger partial charge in [0.05, 0.1) is 0 Å². The van der Waals surface area contributed by atoms with Gasteiger partial charge in [0.15, 0.2) is 5.82 Å². The molecule has 6 heteroatoms. The number of anilines is 2. The molecule has 2 aromatic rings. The highest BCUT2D eigenvalue weighted by Gasteiger charge is 2.17. The Morgan fingerprint density at radius 3 is 2.28 bits per heavy atom. The zero-order valence-corrected chi connectivity index (χ0v) is 10.9. The molecule has 0 amide bonds. The Bertz CT molecular complexity index is 532. The second kappa shape index (κ2) is 4.29. The second-order valence-electron chi connectivity index (χ2n) is 5.61. The van der Waals surface area contributed by atoms with Gasteiger partial charge in [-0.15, -0.1) is 5.10 Å². The third-order valence-corrected chi connectivity index (χ3v) is 2.39. The third kappa shape index (κ3) is 2.77. The van der Waals surface area contributed by atoms with Crippen LogP contribution in [0.3, 0.4) is 0 Å². The molecule has 0 aliphatic heterocycles. The quantitative estimate of drug-likeness (QED) is 0.784. The van der Waals surface area contributed by atoms with Crippen LogP contribution in [0.5, 0.6) is 0 Å². The van der Waals surface area contributed by atoms with Crippen LogP contribution in [0, 0.1) is 5.41 Å². The Balaban J connectivity index is 2.42. The van der Waals surface area contributed by atoms with Crippen molar-refractivity contribution in [2.75, 3.05) is 11.5 Å². The molecule has 0 saturated carbocycles. The number of hydrogen-bond acceptors (Lipinski definition) is 5. The van der Waals surface area contributed by atoms with Gasteiger partial charge in [-0.1, -0.05) is 20.8 Å². The molecule has 4 N–H and O–H groups in total. The fraction of sp³-hybridized carbons (Fsp3) is 0.417. The second-order valence-corrected chi connectivity index (χ2v) is 5.61. The number of nitrogens with zero attached hydrogens (tertiary/aromatic N) is 4. The van der Waals surface area contributed by atoms with E-state index in [4.69, 9.17) is 11.5 Å². The van der Waals surface area contributed by atoms with Gasteiger partial charge in [0.1, 0.15) is 0 Å². The predicted octanol–water partition coefficient (Wildman–Crippen LogP) is 1.55. The van der Waals surface area contributed by atoms with E-state index < -0.39 is 0 Å². The van der Waals surface area contributed by atoms with E-state index in [1.54, 1.807) is 10.7 Å². The van der Waals surface area contributed by atoms with Crippen LogP contribution in [-0.2, 0) is 6.54 Å². The molecule has 0 radical (unpaired) electrons. The summed E-state index contributed by atoms with van der Waals surface area (Å²) in [7, 11) is 0. The van der Waals surface area contributed by atoms with Gasteiger partial charge in [0.25, 0.3) is 0 Å². The molecular weight excluding hydrogens is 228 g/mol. The minimum Gasteiger partial charge on any atom is -0.399 e. The van der Waals surface area contributed by atoms with Gasteiger partial charge in [0.2, 0.25) is 0 Å². The molecule has 0 aliphatic rings. The molecule has 0 atom stereocenters. The normalized spacial score (nSPS) is 11.7. The minimum atomic E-state index is 0.0933. The number of benzene rings is 1. The number of nitrogens with two attached hydrogens (primary N) is 2. The Morgan fingerprint density at radius 1 is 1.11 bits per heavy atom. The van der Waals surface area contributed by atoms with Crippen molar-refractivity contribution in [3.63, 3.8) is 0 Å². The summed E-state index contributed by atoms with van der Waals surface area (Å²) in [6.45, 7) is 7.12. The van der Waals surface area contributed by atoms with Crippen molar-refractivity contribution in [2.24, 2.45) is 5.41 Å². The largest absolute Gasteiger partial charge is 0.399 e. The summed E-state index contributed by atoms with van der Waals surface area (Å²) in [4.78, 5) is 0. The first-order chi connectivity index (χ1) is 8.35. The Hall–Kier alpha value is -2.11. The molecule has 0 spiro atoms. The number of nitrogen functional groups attached to an aromatic ring is 2. The molecule has 1 heterocycles. The SMILES string of the molecule is CC(C)(C)Cn1nnnc1-c1cc(N)cc(N)c1. The van der Waals surface area contributed by atoms with Gasteiger partial charge in [-0.25, -0.2) is 4.68 Å². The van der Waals surface area contributed by atoms with Crippen molar-refractivity contribution in [3.8, 4) is 11.4 Å². The van der Waals surface area contributed by atoms with Gasteiger partial charge >= 0.3 is 0 Å². The Morgan fingerprint density at radius 2 is 1.72 bits per heavy atom. The topological polar surface area (TPSA) is 95.6 Å². The predicted molar refractivity (Wildman–Crippen MR) is 71.5 cm³/mol. The Labute approximate surface area is 106 Å². The van der Waals surface area contributed by atoms with Crippen LogP contribution in [-0.4, -0.2) is 20.2 Å². The molecule has 0 fully saturated rings. The van der Waals surface area contributed by atoms with E-state index >= 15 is 0 Å². The van der Waals surface area contributed by atoms with Crippen molar-refractivity contribution in [2.45, 2.75) is 27.3 Å². The smallest absolute Gasteiger partial charge is 0.182 e. The van der Waals surface area contributed by atoms with Crippen LogP contribution in [0.4, 0.5) is 11.4 Å². The average molecular weight is 246 g/mol. The van der Waals surface area contributed by atoms with Crippen molar-refractivity contribution in [1.29, 1.82) is 0 Å². The standard InChI is InChI=1S/C12H18N6/c1-12(2,3)7-18-11(15-16-17-18)8-4-9(13)6-10(14)5-8/h4-6H,7,13-14H2,1-3H3. The van der Waals surface area contributed by atoms with Crippen LogP contribution in [0.15, 0.2) is 18.2 Å². The monoisotopic (exact) mass is 246 g/mol. The van der Waals surface area contributed by atoms with E-state index in [-0.39, 0.29) is 5.41 Å². The third-order valence-electron chi connectivity index (χ3n) is 2.39. The summed E-state index contributed by atoms with van der Waals surface area (Å²) in [5, 5.41) is 11.8. The van der Waals surface area contributed by atoms with Gasteiger partial charge in [-0.2, -0.15) is 0 Å². The number of rotatable bonds is 2. The molecule has 6 nitrogen and oxygen atoms in total. The average Bonchev–Trinajstić information content (AvgIpc) is 2.61. The summed E-state index contributed by atoms with van der Waals surface area (Å²) in [6, 6.07) is 5.35. The van der Waals surface area contributed by atoms with Crippen molar-refractivity contribution >= 4 is 11.4 Å². The zero-order valence-electron chi connectivity index (χ0n) is 10.9. The number of tetrazole rings is 1. The summed E-state index contributed by atoms with van der Waals surface area (Å²) in [5.41, 5.74) is 13.7. The van der Waals surface area contributed by atoms with E-state index in [1.165, 1.54) is 0 Å². The lowest BCUT2D eigenvalue weighted by Gasteiger charge is -2.18. The van der Waals surface area contributed by atoms with Gasteiger partial charge in [-0.05, 0) is 34.0 Å². The first-order valence-corrected chi connectivity index (χ1v) is 5.78. The lowest BCUT2D eigenvalue weighted by molar-refractivity contribution is 0.323. The fourth-order valence-electron chi connectivity index (χ4n) is 1.77. The van der Waals surface area contributed by atoms with Crippen LogP contribution < -0.4 is 11.5 Å². The van der Waals surface area contributed by atoms with Crippen LogP contribution in [0.25, 0.3) is 11.4 Å². The van der Waals surface area contributed by atoms with Crippen LogP contribution in [0.1, 0.15) is 20.8 Å². The van der Waals surface area contributed by atoms with Crippen molar-refractivity contribution in [1.82, 2.24) is 20.2 Å². The molecule has 1 aromatic carbocycles. The molecule has 0 bridgehead atoms. The van der Waals surface area contributed by atoms with Gasteiger partial charge in [0, 0.05) is 23.5 Å². The lowest BCUT2D eigenvalue weighted by Crippen LogP contribution is -2.17. The highest BCUT2D eigenvalue weighted by molar-refractivity contribution is 5.67. The molecule has 0 aliphatic carbocycles. The van der Waals surface area contributed by atoms with Crippen LogP contribution >= 0.6 is 0 Å². The maximum Gasteiger partial charge on any atom is 0.182 e. The molecule has 18 heavy (non-hydrogen) atoms. The van der Waals surface area contributed by atoms with E-state index in [2.05, 4.69) is 36.3 Å². The summed E-state index contributed by atoms with van der Waals surface area (Å²) < 4.78 is 1.77. The molecule has 2 rings (SSSR count). The molecule has 96 valence electrons. The van der Waals surface area contributed by atoms with E-state index in [1.807, 2.05) is 12.1 Å². The fourth-order valence-corrected chi connectivity index (χ4v) is 1.77. The summed E-state index contributed by atoms with van der Waals surface area (Å²) in [6.07, 6.45) is 0. The van der Waals surface area contributed by atoms with Crippen molar-refractivity contribution < 1.29 is 0 Å². The van der Waals surface area contributed by atoms with E-state index in [9.17, 15) is 0 Å². The highest BCUT2D eigenvalue weighted by Crippen LogP contribution is 2.24. The maximum atomic E-state index is 5.78. The lowest BCUT2D eigenvalue weighted by atomic mass is 9.97. The highest BCUT2D eigenvalue weighted by atomic mass is 15.5. The minimum absolute atomic E-state index is 0.0933. The number of hydrogen-bond donors (Lipinski definition) is 2. The van der Waals surface area contributed by atoms with Crippen LogP contribution in [0.2, 0.25) is 0 Å². The van der Waals surface area contributed by atoms with Crippen molar-refractivity contribution in [3.05, 3.63) is 18.2 Å². The summed E-state index contributed by atoms with van der Waals surface area (Å²) in [5.74, 6) is 0.684. The molecule has 0 unspecified atom stereocenters. The number of aromatic nitrogens is 4. The zero-order chi connectivity index (χ0) is 13.3. The van der Waals surface area contributed by atoms with Gasteiger partial charge in [-0.3, -0.25) is 0 Å². The molecular formula is C12H18N6. The maximum absolute atomic E-state index is 5.78.